The van der Waals surface area contributed by atoms with Crippen molar-refractivity contribution in [3.8, 4) is 0 Å². The minimum absolute atomic E-state index is 0.127. The number of benzene rings is 1. The lowest BCUT2D eigenvalue weighted by atomic mass is 9.79. The predicted octanol–water partition coefficient (Wildman–Crippen LogP) is 3.79. The third kappa shape index (κ3) is 5.15. The summed E-state index contributed by atoms with van der Waals surface area (Å²) in [6, 6.07) is 9.11. The molecule has 0 radical (unpaired) electrons. The number of hydrogen-bond donors (Lipinski definition) is 1. The molecule has 156 valence electrons. The van der Waals surface area contributed by atoms with E-state index >= 15 is 0 Å². The van der Waals surface area contributed by atoms with Crippen molar-refractivity contribution in [3.05, 3.63) is 35.4 Å². The average Bonchev–Trinajstić information content (AvgIpc) is 2.73. The summed E-state index contributed by atoms with van der Waals surface area (Å²) in [5.41, 5.74) is 1.80. The summed E-state index contributed by atoms with van der Waals surface area (Å²) < 4.78 is 0. The molecule has 3 rings (SSSR count). The van der Waals surface area contributed by atoms with Gasteiger partial charge in [0.05, 0.1) is 11.5 Å². The van der Waals surface area contributed by atoms with E-state index in [-0.39, 0.29) is 11.8 Å². The van der Waals surface area contributed by atoms with Gasteiger partial charge in [-0.3, -0.25) is 4.79 Å². The second-order valence-electron chi connectivity index (χ2n) is 9.14. The molecule has 2 aliphatic rings. The monoisotopic (exact) mass is 386 g/mol. The Hall–Kier alpha value is -1.39. The second-order valence-corrected chi connectivity index (χ2v) is 9.14. The van der Waals surface area contributed by atoms with Crippen molar-refractivity contribution in [2.75, 3.05) is 26.7 Å². The van der Waals surface area contributed by atoms with Gasteiger partial charge in [-0.2, -0.15) is 0 Å². The van der Waals surface area contributed by atoms with Gasteiger partial charge in [-0.25, -0.2) is 0 Å². The molecule has 28 heavy (non-hydrogen) atoms. The van der Waals surface area contributed by atoms with E-state index < -0.39 is 5.60 Å². The highest BCUT2D eigenvalue weighted by molar-refractivity contribution is 5.79. The normalized spacial score (nSPS) is 22.0. The summed E-state index contributed by atoms with van der Waals surface area (Å²) in [6.07, 6.45) is 8.36. The Morgan fingerprint density at radius 3 is 2.39 bits per heavy atom. The first-order valence-electron chi connectivity index (χ1n) is 11.2. The molecule has 0 bridgehead atoms. The van der Waals surface area contributed by atoms with Gasteiger partial charge in [-0.1, -0.05) is 56.0 Å². The molecule has 4 heteroatoms. The molecule has 1 saturated carbocycles. The van der Waals surface area contributed by atoms with E-state index in [9.17, 15) is 9.90 Å². The van der Waals surface area contributed by atoms with Gasteiger partial charge in [0.1, 0.15) is 0 Å². The lowest BCUT2D eigenvalue weighted by Crippen LogP contribution is -2.54. The third-order valence-corrected chi connectivity index (χ3v) is 7.21. The van der Waals surface area contributed by atoms with Crippen LogP contribution in [0.3, 0.4) is 0 Å². The third-order valence-electron chi connectivity index (χ3n) is 7.21. The lowest BCUT2D eigenvalue weighted by Gasteiger charge is -2.43. The van der Waals surface area contributed by atoms with Crippen molar-refractivity contribution < 1.29 is 9.90 Å². The van der Waals surface area contributed by atoms with Crippen molar-refractivity contribution in [1.29, 1.82) is 0 Å². The first-order valence-corrected chi connectivity index (χ1v) is 11.2. The Labute approximate surface area is 170 Å². The van der Waals surface area contributed by atoms with E-state index in [1.807, 2.05) is 18.9 Å². The summed E-state index contributed by atoms with van der Waals surface area (Å²) in [5.74, 6) is -0.193. The van der Waals surface area contributed by atoms with Gasteiger partial charge >= 0.3 is 0 Å². The average molecular weight is 387 g/mol. The summed E-state index contributed by atoms with van der Waals surface area (Å²) in [6.45, 7) is 6.80. The quantitative estimate of drug-likeness (QED) is 0.809. The van der Waals surface area contributed by atoms with Gasteiger partial charge in [-0.05, 0) is 44.6 Å². The zero-order valence-corrected chi connectivity index (χ0v) is 18.0. The molecule has 1 heterocycles. The van der Waals surface area contributed by atoms with Crippen molar-refractivity contribution >= 4 is 5.91 Å². The largest absolute Gasteiger partial charge is 0.389 e. The fourth-order valence-corrected chi connectivity index (χ4v) is 4.82. The molecule has 2 fully saturated rings. The molecule has 1 aromatic carbocycles. The van der Waals surface area contributed by atoms with Crippen LogP contribution in [0.5, 0.6) is 0 Å². The number of piperidine rings is 1. The summed E-state index contributed by atoms with van der Waals surface area (Å²) in [7, 11) is 1.94. The van der Waals surface area contributed by atoms with Crippen LogP contribution in [0.15, 0.2) is 24.3 Å². The maximum atomic E-state index is 13.0. The molecular formula is C24H38N2O2. The molecule has 1 N–H and O–H groups in total. The SMILES string of the molecule is Cc1ccc(CCN2CCC(O)(C(C)C(=O)N(C)C3CCCCC3)CC2)cc1. The van der Waals surface area contributed by atoms with Crippen LogP contribution in [0.4, 0.5) is 0 Å². The van der Waals surface area contributed by atoms with Crippen LogP contribution < -0.4 is 0 Å². The zero-order valence-electron chi connectivity index (χ0n) is 18.0. The summed E-state index contributed by atoms with van der Waals surface area (Å²) in [4.78, 5) is 17.4. The van der Waals surface area contributed by atoms with Crippen LogP contribution in [0.2, 0.25) is 0 Å². The van der Waals surface area contributed by atoms with Gasteiger partial charge in [0.2, 0.25) is 5.91 Å². The Morgan fingerprint density at radius 2 is 1.79 bits per heavy atom. The minimum Gasteiger partial charge on any atom is -0.389 e. The minimum atomic E-state index is -0.861. The van der Waals surface area contributed by atoms with Crippen LogP contribution in [-0.2, 0) is 11.2 Å². The molecule has 1 amide bonds. The highest BCUT2D eigenvalue weighted by Gasteiger charge is 2.42. The number of carbonyl (C=O) groups excluding carboxylic acids is 1. The van der Waals surface area contributed by atoms with E-state index in [4.69, 9.17) is 0 Å². The van der Waals surface area contributed by atoms with Crippen LogP contribution in [0.25, 0.3) is 0 Å². The Morgan fingerprint density at radius 1 is 1.18 bits per heavy atom. The van der Waals surface area contributed by atoms with Crippen molar-refractivity contribution in [2.24, 2.45) is 5.92 Å². The Bertz CT molecular complexity index is 629. The molecular weight excluding hydrogens is 348 g/mol. The number of likely N-dealkylation sites (tertiary alicyclic amines) is 1. The topological polar surface area (TPSA) is 43.8 Å². The van der Waals surface area contributed by atoms with Gasteiger partial charge in [-0.15, -0.1) is 0 Å². The molecule has 0 spiro atoms. The lowest BCUT2D eigenvalue weighted by molar-refractivity contribution is -0.149. The van der Waals surface area contributed by atoms with Gasteiger partial charge in [0.25, 0.3) is 0 Å². The van der Waals surface area contributed by atoms with E-state index in [1.165, 1.54) is 30.4 Å². The highest BCUT2D eigenvalue weighted by Crippen LogP contribution is 2.32. The van der Waals surface area contributed by atoms with Crippen LogP contribution in [0, 0.1) is 12.8 Å². The first kappa shape index (κ1) is 21.3. The number of hydrogen-bond acceptors (Lipinski definition) is 3. The van der Waals surface area contributed by atoms with Crippen molar-refractivity contribution in [2.45, 2.75) is 76.9 Å². The Balaban J connectivity index is 1.48. The van der Waals surface area contributed by atoms with Gasteiger partial charge in [0.15, 0.2) is 0 Å². The molecule has 1 aliphatic heterocycles. The molecule has 1 atom stereocenters. The van der Waals surface area contributed by atoms with Crippen LogP contribution in [-0.4, -0.2) is 59.1 Å². The number of carbonyl (C=O) groups is 1. The first-order chi connectivity index (χ1) is 13.4. The maximum Gasteiger partial charge on any atom is 0.228 e. The van der Waals surface area contributed by atoms with E-state index in [1.54, 1.807) is 0 Å². The predicted molar refractivity (Wildman–Crippen MR) is 114 cm³/mol. The molecule has 0 aromatic heterocycles. The number of amides is 1. The fraction of sp³-hybridized carbons (Fsp3) is 0.708. The molecule has 1 saturated heterocycles. The molecule has 1 aromatic rings. The van der Waals surface area contributed by atoms with Crippen LogP contribution in [0.1, 0.15) is 63.0 Å². The second kappa shape index (κ2) is 9.41. The molecule has 1 aliphatic carbocycles. The van der Waals surface area contributed by atoms with E-state index in [0.717, 1.165) is 38.9 Å². The number of aryl methyl sites for hydroxylation is 1. The molecule has 1 unspecified atom stereocenters. The zero-order chi connectivity index (χ0) is 20.1. The summed E-state index contributed by atoms with van der Waals surface area (Å²) >= 11 is 0. The van der Waals surface area contributed by atoms with Gasteiger partial charge in [0, 0.05) is 32.7 Å². The molecule has 4 nitrogen and oxygen atoms in total. The summed E-state index contributed by atoms with van der Waals surface area (Å²) in [5, 5.41) is 11.2. The van der Waals surface area contributed by atoms with Gasteiger partial charge < -0.3 is 14.9 Å². The Kier molecular flexibility index (Phi) is 7.16. The number of aliphatic hydroxyl groups is 1. The highest BCUT2D eigenvalue weighted by atomic mass is 16.3. The van der Waals surface area contributed by atoms with Crippen molar-refractivity contribution in [3.63, 3.8) is 0 Å². The number of rotatable bonds is 6. The number of nitrogens with zero attached hydrogens (tertiary/aromatic N) is 2. The van der Waals surface area contributed by atoms with E-state index in [2.05, 4.69) is 36.1 Å². The van der Waals surface area contributed by atoms with Crippen molar-refractivity contribution in [1.82, 2.24) is 9.80 Å². The maximum absolute atomic E-state index is 13.0. The smallest absolute Gasteiger partial charge is 0.228 e. The van der Waals surface area contributed by atoms with E-state index in [0.29, 0.717) is 18.9 Å². The standard InChI is InChI=1S/C24H38N2O2/c1-19-9-11-21(12-10-19)13-16-26-17-14-24(28,15-18-26)20(2)23(27)25(3)22-7-5-4-6-8-22/h9-12,20,22,28H,4-8,13-18H2,1-3H3. The fourth-order valence-electron chi connectivity index (χ4n) is 4.82. The van der Waals surface area contributed by atoms with Crippen LogP contribution >= 0.6 is 0 Å².